The largest absolute Gasteiger partial charge is 0.311 e. The normalized spacial score (nSPS) is 14.7. The van der Waals surface area contributed by atoms with Crippen LogP contribution in [-0.2, 0) is 5.41 Å². The molecule has 320 valence electrons. The third-order valence-corrected chi connectivity index (χ3v) is 13.3. The molecule has 9 aromatic carbocycles. The van der Waals surface area contributed by atoms with Crippen LogP contribution in [0.3, 0.4) is 0 Å². The summed E-state index contributed by atoms with van der Waals surface area (Å²) in [6, 6.07) is 74.8. The summed E-state index contributed by atoms with van der Waals surface area (Å²) in [4.78, 5) is 4.41. The Morgan fingerprint density at radius 2 is 0.955 bits per heavy atom. The summed E-state index contributed by atoms with van der Waals surface area (Å²) in [6.45, 7) is 2.27. The number of rotatable bonds is 9. The summed E-state index contributed by atoms with van der Waals surface area (Å²) < 4.78 is 33.4. The van der Waals surface area contributed by atoms with Gasteiger partial charge in [-0.15, -0.1) is 0 Å². The van der Waals surface area contributed by atoms with Gasteiger partial charge in [-0.25, -0.2) is 8.78 Å². The molecule has 0 spiro atoms. The van der Waals surface area contributed by atoms with E-state index in [1.807, 2.05) is 42.5 Å². The number of aromatic nitrogens is 2. The van der Waals surface area contributed by atoms with Gasteiger partial charge in [0.15, 0.2) is 0 Å². The minimum absolute atomic E-state index is 0.280. The molecule has 11 aromatic rings. The molecule has 2 heterocycles. The summed E-state index contributed by atoms with van der Waals surface area (Å²) in [5, 5.41) is 4.56. The number of nitrogens with zero attached hydrogens (tertiary/aromatic N) is 4. The minimum Gasteiger partial charge on any atom is -0.311 e. The smallest absolute Gasteiger partial charge is 0.123 e. The molecule has 0 bridgehead atoms. The van der Waals surface area contributed by atoms with Gasteiger partial charge in [-0.05, 0) is 152 Å². The van der Waals surface area contributed by atoms with Crippen LogP contribution in [0.1, 0.15) is 18.9 Å². The molecule has 1 aliphatic rings. The number of hydrogen-bond acceptors (Lipinski definition) is 2. The maximum atomic E-state index is 14.4. The molecule has 0 aliphatic heterocycles. The molecule has 1 unspecified atom stereocenters. The van der Waals surface area contributed by atoms with Crippen molar-refractivity contribution >= 4 is 72.0 Å². The Bertz CT molecular complexity index is 3680. The lowest BCUT2D eigenvalue weighted by Gasteiger charge is -2.34. The van der Waals surface area contributed by atoms with Crippen LogP contribution in [0.5, 0.6) is 0 Å². The second-order valence-corrected chi connectivity index (χ2v) is 17.4. The van der Waals surface area contributed by atoms with Gasteiger partial charge in [0.1, 0.15) is 11.6 Å². The molecule has 0 radical (unpaired) electrons. The van der Waals surface area contributed by atoms with Crippen molar-refractivity contribution in [2.24, 2.45) is 0 Å². The molecule has 12 rings (SSSR count). The lowest BCUT2D eigenvalue weighted by atomic mass is 9.76. The summed E-state index contributed by atoms with van der Waals surface area (Å²) in [5.41, 5.74) is 13.1. The maximum Gasteiger partial charge on any atom is 0.123 e. The predicted octanol–water partition coefficient (Wildman–Crippen LogP) is 16.2. The fourth-order valence-electron chi connectivity index (χ4n) is 9.98. The first-order chi connectivity index (χ1) is 32.9. The fourth-order valence-corrected chi connectivity index (χ4v) is 9.98. The quantitative estimate of drug-likeness (QED) is 0.144. The summed E-state index contributed by atoms with van der Waals surface area (Å²) in [5.74, 6) is -0.561. The van der Waals surface area contributed by atoms with E-state index in [4.69, 9.17) is 0 Å². The molecular weight excluding hydrogens is 827 g/mol. The second-order valence-electron chi connectivity index (χ2n) is 17.4. The number of hydrogen-bond donors (Lipinski definition) is 0. The molecule has 1 atom stereocenters. The highest BCUT2D eigenvalue weighted by atomic mass is 19.1. The Kier molecular flexibility index (Phi) is 9.58. The van der Waals surface area contributed by atoms with Crippen molar-refractivity contribution in [3.05, 3.63) is 260 Å². The van der Waals surface area contributed by atoms with Crippen molar-refractivity contribution in [3.8, 4) is 11.4 Å². The maximum absolute atomic E-state index is 14.4. The Labute approximate surface area is 387 Å². The van der Waals surface area contributed by atoms with E-state index < -0.39 is 0 Å². The first-order valence-electron chi connectivity index (χ1n) is 22.5. The first kappa shape index (κ1) is 39.9. The van der Waals surface area contributed by atoms with Gasteiger partial charge < -0.3 is 18.9 Å². The summed E-state index contributed by atoms with van der Waals surface area (Å²) >= 11 is 0. The van der Waals surface area contributed by atoms with Crippen molar-refractivity contribution in [3.63, 3.8) is 0 Å². The number of halogens is 2. The van der Waals surface area contributed by atoms with Crippen molar-refractivity contribution in [1.29, 1.82) is 0 Å². The monoisotopic (exact) mass is 868 g/mol. The Morgan fingerprint density at radius 1 is 0.463 bits per heavy atom. The molecule has 1 aliphatic carbocycles. The van der Waals surface area contributed by atoms with E-state index in [9.17, 15) is 8.78 Å². The predicted molar refractivity (Wildman–Crippen MR) is 272 cm³/mol. The average molecular weight is 869 g/mol. The zero-order valence-electron chi connectivity index (χ0n) is 36.6. The standard InChI is InChI=1S/C61H42F2N4/c1-61(38-36-50(37-39-61)65(49-30-24-44(63)25-31-49)52-33-35-60-56(41-52)54-17-9-11-19-58(54)67(60)46-14-6-3-7-15-46)42-20-26-47(27-21-42)64(48-28-22-43(62)23-29-48)51-32-34-59-55(40-51)53-16-8-10-18-57(53)66(59)45-12-4-2-5-13-45/h2,4-6,8-38,40-41H,39H2,1H3. The summed E-state index contributed by atoms with van der Waals surface area (Å²) in [7, 11) is 0. The molecule has 0 saturated heterocycles. The van der Waals surface area contributed by atoms with Crippen LogP contribution in [-0.4, -0.2) is 9.13 Å². The topological polar surface area (TPSA) is 16.3 Å². The summed E-state index contributed by atoms with van der Waals surface area (Å²) in [6.07, 6.45) is 7.50. The molecule has 4 nitrogen and oxygen atoms in total. The van der Waals surface area contributed by atoms with Gasteiger partial charge in [0.05, 0.1) is 27.8 Å². The van der Waals surface area contributed by atoms with E-state index in [1.54, 1.807) is 0 Å². The van der Waals surface area contributed by atoms with E-state index in [2.05, 4.69) is 196 Å². The zero-order chi connectivity index (χ0) is 45.1. The molecule has 0 saturated carbocycles. The Balaban J connectivity index is 0.895. The molecular formula is C61H42F2N4. The SMILES string of the molecule is CC1(c2ccc(N(c3ccc(F)cc3)c3ccc4c(c3)c3ccccc3n4-c3ccccc3)cc2)C=CC(N(c2ccc(F)cc2)c2ccc3c(c2)c2ccccc2n3-c2cc#ccc2)=CC1. The lowest BCUT2D eigenvalue weighted by molar-refractivity contribution is 0.595. The van der Waals surface area contributed by atoms with E-state index in [1.165, 1.54) is 29.8 Å². The lowest BCUT2D eigenvalue weighted by Crippen LogP contribution is -2.24. The van der Waals surface area contributed by atoms with Crippen molar-refractivity contribution < 1.29 is 8.78 Å². The molecule has 67 heavy (non-hydrogen) atoms. The number of benzene rings is 8. The Morgan fingerprint density at radius 3 is 1.51 bits per heavy atom. The minimum atomic E-state index is -0.309. The Hall–Kier alpha value is -8.66. The second kappa shape index (κ2) is 16.1. The fraction of sp³-hybridized carbons (Fsp3) is 0.0492. The third kappa shape index (κ3) is 6.92. The van der Waals surface area contributed by atoms with Crippen LogP contribution in [0.2, 0.25) is 0 Å². The molecule has 0 amide bonds. The van der Waals surface area contributed by atoms with Crippen LogP contribution in [0.4, 0.5) is 37.2 Å². The zero-order valence-corrected chi connectivity index (χ0v) is 36.6. The van der Waals surface area contributed by atoms with Crippen molar-refractivity contribution in [2.45, 2.75) is 18.8 Å². The number of anilines is 5. The number of allylic oxidation sites excluding steroid dienone is 3. The van der Waals surface area contributed by atoms with E-state index in [-0.39, 0.29) is 17.0 Å². The molecule has 2 aromatic heterocycles. The number of para-hydroxylation sites is 3. The van der Waals surface area contributed by atoms with Gasteiger partial charge in [-0.1, -0.05) is 97.9 Å². The number of fused-ring (bicyclic) bond motifs is 6. The highest BCUT2D eigenvalue weighted by Crippen LogP contribution is 2.44. The van der Waals surface area contributed by atoms with Crippen LogP contribution < -0.4 is 9.80 Å². The van der Waals surface area contributed by atoms with Crippen molar-refractivity contribution in [2.75, 3.05) is 9.80 Å². The van der Waals surface area contributed by atoms with E-state index in [0.717, 1.165) is 95.5 Å². The van der Waals surface area contributed by atoms with Crippen LogP contribution in [0.25, 0.3) is 55.0 Å². The van der Waals surface area contributed by atoms with Gasteiger partial charge in [-0.2, -0.15) is 0 Å². The highest BCUT2D eigenvalue weighted by molar-refractivity contribution is 6.11. The van der Waals surface area contributed by atoms with E-state index >= 15 is 0 Å². The van der Waals surface area contributed by atoms with Crippen LogP contribution in [0.15, 0.2) is 230 Å². The molecule has 0 N–H and O–H groups in total. The molecule has 0 fully saturated rings. The van der Waals surface area contributed by atoms with Gasteiger partial charge in [0, 0.05) is 72.8 Å². The van der Waals surface area contributed by atoms with Crippen molar-refractivity contribution in [1.82, 2.24) is 9.13 Å². The van der Waals surface area contributed by atoms with Gasteiger partial charge >= 0.3 is 0 Å². The van der Waals surface area contributed by atoms with E-state index in [0.29, 0.717) is 0 Å². The highest BCUT2D eigenvalue weighted by Gasteiger charge is 2.28. The first-order valence-corrected chi connectivity index (χ1v) is 22.5. The van der Waals surface area contributed by atoms with Gasteiger partial charge in [0.2, 0.25) is 0 Å². The third-order valence-electron chi connectivity index (χ3n) is 13.3. The van der Waals surface area contributed by atoms with Crippen LogP contribution in [0, 0.1) is 23.8 Å². The molecule has 6 heteroatoms. The van der Waals surface area contributed by atoms with Gasteiger partial charge in [-0.3, -0.25) is 0 Å². The van der Waals surface area contributed by atoms with Crippen LogP contribution >= 0.6 is 0 Å². The average Bonchev–Trinajstić information content (AvgIpc) is 3.89. The van der Waals surface area contributed by atoms with Gasteiger partial charge in [0.25, 0.3) is 0 Å².